The van der Waals surface area contributed by atoms with Crippen molar-refractivity contribution in [2.24, 2.45) is 5.10 Å². The zero-order valence-corrected chi connectivity index (χ0v) is 11.3. The third-order valence-electron chi connectivity index (χ3n) is 2.43. The van der Waals surface area contributed by atoms with Crippen molar-refractivity contribution in [2.75, 3.05) is 5.43 Å². The highest BCUT2D eigenvalue weighted by Crippen LogP contribution is 2.19. The molecule has 6 nitrogen and oxygen atoms in total. The van der Waals surface area contributed by atoms with E-state index in [0.717, 1.165) is 5.69 Å². The molecule has 1 aromatic carbocycles. The van der Waals surface area contributed by atoms with Crippen LogP contribution in [0.1, 0.15) is 18.2 Å². The summed E-state index contributed by atoms with van der Waals surface area (Å²) in [5.41, 5.74) is 4.79. The third-order valence-corrected chi connectivity index (χ3v) is 3.29. The lowest BCUT2D eigenvalue weighted by Crippen LogP contribution is -2.03. The average molecular weight is 276 g/mol. The molecule has 1 aromatic heterocycles. The van der Waals surface area contributed by atoms with Crippen LogP contribution in [0.5, 0.6) is 0 Å². The summed E-state index contributed by atoms with van der Waals surface area (Å²) in [6.45, 7) is 3.61. The lowest BCUT2D eigenvalue weighted by molar-refractivity contribution is -0.385. The molecule has 0 aliphatic rings. The largest absolute Gasteiger partial charge is 0.278 e. The molecule has 0 saturated heterocycles. The molecule has 2 aromatic rings. The van der Waals surface area contributed by atoms with Gasteiger partial charge in [-0.3, -0.25) is 15.5 Å². The summed E-state index contributed by atoms with van der Waals surface area (Å²) in [6.07, 6.45) is 0. The van der Waals surface area contributed by atoms with Crippen LogP contribution in [0.15, 0.2) is 34.7 Å². The molecule has 7 heteroatoms. The molecule has 0 spiro atoms. The molecular formula is C12H12N4O2S. The van der Waals surface area contributed by atoms with Crippen molar-refractivity contribution in [3.63, 3.8) is 0 Å². The van der Waals surface area contributed by atoms with Crippen LogP contribution in [0, 0.1) is 17.0 Å². The SMILES string of the molecule is C/C(=N\Nc1nc(C)cs1)c1ccccc1[N+](=O)[O-]. The number of hydrogen-bond donors (Lipinski definition) is 1. The van der Waals surface area contributed by atoms with Gasteiger partial charge in [-0.05, 0) is 19.9 Å². The van der Waals surface area contributed by atoms with Crippen LogP contribution >= 0.6 is 11.3 Å². The fraction of sp³-hybridized carbons (Fsp3) is 0.167. The van der Waals surface area contributed by atoms with Crippen LogP contribution in [0.2, 0.25) is 0 Å². The van der Waals surface area contributed by atoms with Gasteiger partial charge in [0.05, 0.1) is 21.9 Å². The second-order valence-electron chi connectivity index (χ2n) is 3.88. The van der Waals surface area contributed by atoms with Crippen LogP contribution in [0.4, 0.5) is 10.8 Å². The second kappa shape index (κ2) is 5.57. The maximum Gasteiger partial charge on any atom is 0.278 e. The number of rotatable bonds is 4. The number of nitro benzene ring substituents is 1. The van der Waals surface area contributed by atoms with Crippen LogP contribution < -0.4 is 5.43 Å². The zero-order chi connectivity index (χ0) is 13.8. The highest BCUT2D eigenvalue weighted by Gasteiger charge is 2.14. The van der Waals surface area contributed by atoms with Gasteiger partial charge in [0.25, 0.3) is 5.69 Å². The van der Waals surface area contributed by atoms with Crippen molar-refractivity contribution in [3.05, 3.63) is 51.0 Å². The number of thiazole rings is 1. The second-order valence-corrected chi connectivity index (χ2v) is 4.74. The Morgan fingerprint density at radius 3 is 2.84 bits per heavy atom. The van der Waals surface area contributed by atoms with Crippen LogP contribution in [-0.4, -0.2) is 15.6 Å². The first-order valence-electron chi connectivity index (χ1n) is 5.54. The van der Waals surface area contributed by atoms with Gasteiger partial charge in [-0.15, -0.1) is 11.3 Å². The first-order valence-corrected chi connectivity index (χ1v) is 6.42. The van der Waals surface area contributed by atoms with Gasteiger partial charge in [0.1, 0.15) is 0 Å². The summed E-state index contributed by atoms with van der Waals surface area (Å²) in [7, 11) is 0. The Bertz CT molecular complexity index is 636. The molecule has 2 rings (SSSR count). The molecule has 19 heavy (non-hydrogen) atoms. The summed E-state index contributed by atoms with van der Waals surface area (Å²) in [5.74, 6) is 0. The number of hydrogen-bond acceptors (Lipinski definition) is 6. The quantitative estimate of drug-likeness (QED) is 0.528. The van der Waals surface area contributed by atoms with Crippen LogP contribution in [0.25, 0.3) is 0 Å². The molecule has 0 atom stereocenters. The maximum absolute atomic E-state index is 10.9. The Morgan fingerprint density at radius 2 is 2.21 bits per heavy atom. The van der Waals surface area contributed by atoms with E-state index in [-0.39, 0.29) is 5.69 Å². The van der Waals surface area contributed by atoms with E-state index in [9.17, 15) is 10.1 Å². The van der Waals surface area contributed by atoms with Gasteiger partial charge < -0.3 is 0 Å². The number of nitrogens with one attached hydrogen (secondary N) is 1. The zero-order valence-electron chi connectivity index (χ0n) is 10.5. The van der Waals surface area contributed by atoms with E-state index in [0.29, 0.717) is 16.4 Å². The Hall–Kier alpha value is -2.28. The number of aryl methyl sites for hydroxylation is 1. The Morgan fingerprint density at radius 1 is 1.47 bits per heavy atom. The minimum atomic E-state index is -0.415. The number of hydrazone groups is 1. The van der Waals surface area contributed by atoms with Crippen molar-refractivity contribution < 1.29 is 4.92 Å². The van der Waals surface area contributed by atoms with Crippen molar-refractivity contribution in [1.29, 1.82) is 0 Å². The van der Waals surface area contributed by atoms with Crippen molar-refractivity contribution in [1.82, 2.24) is 4.98 Å². The first-order chi connectivity index (χ1) is 9.08. The van der Waals surface area contributed by atoms with Gasteiger partial charge in [0.2, 0.25) is 5.13 Å². The van der Waals surface area contributed by atoms with E-state index >= 15 is 0 Å². The normalized spacial score (nSPS) is 11.4. The average Bonchev–Trinajstić information content (AvgIpc) is 2.81. The summed E-state index contributed by atoms with van der Waals surface area (Å²) in [5, 5.41) is 17.6. The molecule has 0 unspecified atom stereocenters. The van der Waals surface area contributed by atoms with Crippen molar-refractivity contribution in [3.8, 4) is 0 Å². The molecule has 0 bridgehead atoms. The summed E-state index contributed by atoms with van der Waals surface area (Å²) >= 11 is 1.43. The minimum Gasteiger partial charge on any atom is -0.258 e. The molecule has 0 aliphatic carbocycles. The van der Waals surface area contributed by atoms with Gasteiger partial charge in [-0.1, -0.05) is 12.1 Å². The molecule has 98 valence electrons. The molecule has 1 heterocycles. The number of para-hydroxylation sites is 1. The highest BCUT2D eigenvalue weighted by atomic mass is 32.1. The van der Waals surface area contributed by atoms with E-state index in [2.05, 4.69) is 15.5 Å². The smallest absolute Gasteiger partial charge is 0.258 e. The molecule has 0 aliphatic heterocycles. The highest BCUT2D eigenvalue weighted by molar-refractivity contribution is 7.13. The lowest BCUT2D eigenvalue weighted by atomic mass is 10.1. The number of nitro groups is 1. The monoisotopic (exact) mass is 276 g/mol. The van der Waals surface area contributed by atoms with Crippen molar-refractivity contribution in [2.45, 2.75) is 13.8 Å². The minimum absolute atomic E-state index is 0.0425. The molecule has 0 radical (unpaired) electrons. The first kappa shape index (κ1) is 13.2. The Labute approximate surface area is 114 Å². The van der Waals surface area contributed by atoms with Crippen LogP contribution in [-0.2, 0) is 0 Å². The van der Waals surface area contributed by atoms with Gasteiger partial charge in [0.15, 0.2) is 0 Å². The van der Waals surface area contributed by atoms with E-state index < -0.39 is 4.92 Å². The predicted molar refractivity (Wildman–Crippen MR) is 75.8 cm³/mol. The lowest BCUT2D eigenvalue weighted by Gasteiger charge is -2.02. The predicted octanol–water partition coefficient (Wildman–Crippen LogP) is 3.20. The van der Waals surface area contributed by atoms with E-state index in [4.69, 9.17) is 0 Å². The fourth-order valence-corrected chi connectivity index (χ4v) is 2.17. The van der Waals surface area contributed by atoms with Crippen molar-refractivity contribution >= 4 is 27.9 Å². The number of aromatic nitrogens is 1. The van der Waals surface area contributed by atoms with E-state index in [1.54, 1.807) is 25.1 Å². The maximum atomic E-state index is 10.9. The number of anilines is 1. The number of benzene rings is 1. The molecule has 1 N–H and O–H groups in total. The van der Waals surface area contributed by atoms with E-state index in [1.807, 2.05) is 12.3 Å². The molecule has 0 saturated carbocycles. The Balaban J connectivity index is 2.24. The summed E-state index contributed by atoms with van der Waals surface area (Å²) in [4.78, 5) is 14.7. The molecular weight excluding hydrogens is 264 g/mol. The standard InChI is InChI=1S/C12H12N4O2S/c1-8-7-19-12(13-8)15-14-9(2)10-5-3-4-6-11(10)16(17)18/h3-7H,1-2H3,(H,13,15)/b14-9+. The summed E-state index contributed by atoms with van der Waals surface area (Å²) in [6, 6.07) is 6.51. The summed E-state index contributed by atoms with van der Waals surface area (Å²) < 4.78 is 0. The third kappa shape index (κ3) is 3.14. The van der Waals surface area contributed by atoms with Gasteiger partial charge in [-0.2, -0.15) is 5.10 Å². The van der Waals surface area contributed by atoms with Gasteiger partial charge in [0, 0.05) is 11.4 Å². The van der Waals surface area contributed by atoms with Gasteiger partial charge >= 0.3 is 0 Å². The van der Waals surface area contributed by atoms with Crippen LogP contribution in [0.3, 0.4) is 0 Å². The number of nitrogens with zero attached hydrogens (tertiary/aromatic N) is 3. The topological polar surface area (TPSA) is 80.4 Å². The van der Waals surface area contributed by atoms with E-state index in [1.165, 1.54) is 17.4 Å². The molecule has 0 fully saturated rings. The molecule has 0 amide bonds. The van der Waals surface area contributed by atoms with Gasteiger partial charge in [-0.25, -0.2) is 4.98 Å². The fourth-order valence-electron chi connectivity index (χ4n) is 1.54. The Kier molecular flexibility index (Phi) is 3.86.